The summed E-state index contributed by atoms with van der Waals surface area (Å²) in [7, 11) is 0. The minimum absolute atomic E-state index is 0.403. The van der Waals surface area contributed by atoms with Gasteiger partial charge >= 0.3 is 0 Å². The highest BCUT2D eigenvalue weighted by Gasteiger charge is 2.00. The first-order chi connectivity index (χ1) is 5.35. The zero-order valence-electron chi connectivity index (χ0n) is 8.15. The van der Waals surface area contributed by atoms with Crippen molar-refractivity contribution in [1.82, 2.24) is 5.32 Å². The predicted molar refractivity (Wildman–Crippen MR) is 49.3 cm³/mol. The molecule has 0 aromatic heterocycles. The smallest absolute Gasteiger partial charge is 0.0638 e. The predicted octanol–water partition coefficient (Wildman–Crippen LogP) is 2.31. The van der Waals surface area contributed by atoms with Gasteiger partial charge in [0.05, 0.1) is 12.5 Å². The molecule has 0 spiro atoms. The number of nitrogens with one attached hydrogen (secondary N) is 1. The van der Waals surface area contributed by atoms with Gasteiger partial charge in [-0.05, 0) is 13.0 Å². The number of nitriles is 1. The van der Waals surface area contributed by atoms with Gasteiger partial charge in [-0.1, -0.05) is 27.7 Å². The van der Waals surface area contributed by atoms with E-state index in [4.69, 9.17) is 5.26 Å². The molecule has 1 unspecified atom stereocenters. The SMILES string of the molecule is CC.CCNC(CC)CC#N. The van der Waals surface area contributed by atoms with Crippen LogP contribution < -0.4 is 5.32 Å². The normalized spacial score (nSPS) is 10.8. The highest BCUT2D eigenvalue weighted by Crippen LogP contribution is 1.93. The summed E-state index contributed by atoms with van der Waals surface area (Å²) in [6.07, 6.45) is 1.67. The van der Waals surface area contributed by atoms with E-state index in [1.807, 2.05) is 13.8 Å². The van der Waals surface area contributed by atoms with Gasteiger partial charge in [-0.25, -0.2) is 0 Å². The third kappa shape index (κ3) is 9.45. The maximum Gasteiger partial charge on any atom is 0.0638 e. The van der Waals surface area contributed by atoms with E-state index in [0.29, 0.717) is 12.5 Å². The van der Waals surface area contributed by atoms with Gasteiger partial charge in [0.1, 0.15) is 0 Å². The van der Waals surface area contributed by atoms with Gasteiger partial charge in [0.2, 0.25) is 0 Å². The molecule has 0 radical (unpaired) electrons. The second-order valence-corrected chi connectivity index (χ2v) is 2.03. The van der Waals surface area contributed by atoms with Gasteiger partial charge in [-0.3, -0.25) is 0 Å². The summed E-state index contributed by atoms with van der Waals surface area (Å²) in [5, 5.41) is 11.5. The third-order valence-electron chi connectivity index (χ3n) is 1.32. The van der Waals surface area contributed by atoms with E-state index in [-0.39, 0.29) is 0 Å². The summed E-state index contributed by atoms with van der Waals surface area (Å²) in [6, 6.07) is 2.54. The molecule has 1 atom stereocenters. The summed E-state index contributed by atoms with van der Waals surface area (Å²) in [5.74, 6) is 0. The minimum Gasteiger partial charge on any atom is -0.313 e. The summed E-state index contributed by atoms with van der Waals surface area (Å²) < 4.78 is 0. The average Bonchev–Trinajstić information content (AvgIpc) is 2.08. The standard InChI is InChI=1S/C7H14N2.C2H6/c1-3-7(5-6-8)9-4-2;1-2/h7,9H,3-5H2,1-2H3;1-2H3. The first-order valence-corrected chi connectivity index (χ1v) is 4.45. The van der Waals surface area contributed by atoms with Crippen LogP contribution in [0.2, 0.25) is 0 Å². The van der Waals surface area contributed by atoms with Crippen molar-refractivity contribution in [3.05, 3.63) is 0 Å². The maximum atomic E-state index is 8.30. The summed E-state index contributed by atoms with van der Waals surface area (Å²) in [4.78, 5) is 0. The van der Waals surface area contributed by atoms with Gasteiger partial charge in [0.25, 0.3) is 0 Å². The van der Waals surface area contributed by atoms with Crippen LogP contribution in [-0.4, -0.2) is 12.6 Å². The largest absolute Gasteiger partial charge is 0.313 e. The van der Waals surface area contributed by atoms with Crippen molar-refractivity contribution < 1.29 is 0 Å². The molecule has 0 fully saturated rings. The fraction of sp³-hybridized carbons (Fsp3) is 0.889. The molecule has 0 aliphatic carbocycles. The van der Waals surface area contributed by atoms with E-state index < -0.39 is 0 Å². The number of nitrogens with zero attached hydrogens (tertiary/aromatic N) is 1. The van der Waals surface area contributed by atoms with Crippen molar-refractivity contribution in [3.8, 4) is 6.07 Å². The Labute approximate surface area is 70.6 Å². The van der Waals surface area contributed by atoms with Gasteiger partial charge in [0, 0.05) is 6.04 Å². The van der Waals surface area contributed by atoms with Gasteiger partial charge in [-0.15, -0.1) is 0 Å². The first-order valence-electron chi connectivity index (χ1n) is 4.45. The average molecular weight is 156 g/mol. The van der Waals surface area contributed by atoms with Crippen LogP contribution in [0, 0.1) is 11.3 Å². The molecule has 0 aromatic rings. The molecule has 66 valence electrons. The molecule has 0 aliphatic heterocycles. The van der Waals surface area contributed by atoms with Crippen molar-refractivity contribution in [2.24, 2.45) is 0 Å². The maximum absolute atomic E-state index is 8.30. The lowest BCUT2D eigenvalue weighted by Gasteiger charge is -2.09. The molecule has 0 aromatic carbocycles. The lowest BCUT2D eigenvalue weighted by molar-refractivity contribution is 0.522. The highest BCUT2D eigenvalue weighted by molar-refractivity contribution is 4.78. The van der Waals surface area contributed by atoms with Crippen LogP contribution in [-0.2, 0) is 0 Å². The van der Waals surface area contributed by atoms with Crippen LogP contribution in [0.25, 0.3) is 0 Å². The minimum atomic E-state index is 0.403. The number of rotatable bonds is 4. The Bertz CT molecular complexity index is 94.2. The van der Waals surface area contributed by atoms with E-state index >= 15 is 0 Å². The van der Waals surface area contributed by atoms with Crippen LogP contribution in [0.3, 0.4) is 0 Å². The number of hydrogen-bond acceptors (Lipinski definition) is 2. The fourth-order valence-corrected chi connectivity index (χ4v) is 0.760. The molecule has 0 bridgehead atoms. The van der Waals surface area contributed by atoms with Crippen molar-refractivity contribution in [2.75, 3.05) is 6.54 Å². The van der Waals surface area contributed by atoms with Crippen LogP contribution in [0.15, 0.2) is 0 Å². The Hall–Kier alpha value is -0.550. The van der Waals surface area contributed by atoms with Crippen molar-refractivity contribution >= 4 is 0 Å². The van der Waals surface area contributed by atoms with Crippen molar-refractivity contribution in [1.29, 1.82) is 5.26 Å². The quantitative estimate of drug-likeness (QED) is 0.678. The highest BCUT2D eigenvalue weighted by atomic mass is 14.9. The van der Waals surface area contributed by atoms with E-state index in [1.54, 1.807) is 0 Å². The van der Waals surface area contributed by atoms with Crippen molar-refractivity contribution in [3.63, 3.8) is 0 Å². The molecule has 2 nitrogen and oxygen atoms in total. The Morgan fingerprint density at radius 3 is 2.18 bits per heavy atom. The molecule has 11 heavy (non-hydrogen) atoms. The van der Waals surface area contributed by atoms with Gasteiger partial charge in [0.15, 0.2) is 0 Å². The summed E-state index contributed by atoms with van der Waals surface area (Å²) in [5.41, 5.74) is 0. The summed E-state index contributed by atoms with van der Waals surface area (Å²) >= 11 is 0. The van der Waals surface area contributed by atoms with E-state index in [2.05, 4.69) is 25.2 Å². The lowest BCUT2D eigenvalue weighted by Crippen LogP contribution is -2.27. The molecule has 1 N–H and O–H groups in total. The van der Waals surface area contributed by atoms with E-state index in [0.717, 1.165) is 13.0 Å². The lowest BCUT2D eigenvalue weighted by atomic mass is 10.2. The van der Waals surface area contributed by atoms with Crippen molar-refractivity contribution in [2.45, 2.75) is 46.6 Å². The number of hydrogen-bond donors (Lipinski definition) is 1. The Morgan fingerprint density at radius 1 is 1.36 bits per heavy atom. The molecule has 0 amide bonds. The van der Waals surface area contributed by atoms with Crippen LogP contribution >= 0.6 is 0 Å². The third-order valence-corrected chi connectivity index (χ3v) is 1.32. The molecular formula is C9H20N2. The molecule has 0 aliphatic rings. The molecule has 0 saturated heterocycles. The first kappa shape index (κ1) is 13.1. The summed E-state index contributed by atoms with van der Waals surface area (Å²) in [6.45, 7) is 9.10. The van der Waals surface area contributed by atoms with Crippen LogP contribution in [0.5, 0.6) is 0 Å². The molecule has 0 heterocycles. The molecular weight excluding hydrogens is 136 g/mol. The molecule has 0 saturated carbocycles. The Balaban J connectivity index is 0. The second-order valence-electron chi connectivity index (χ2n) is 2.03. The second kappa shape index (κ2) is 12.2. The molecule has 2 heteroatoms. The van der Waals surface area contributed by atoms with E-state index in [9.17, 15) is 0 Å². The monoisotopic (exact) mass is 156 g/mol. The molecule has 0 rings (SSSR count). The Morgan fingerprint density at radius 2 is 1.91 bits per heavy atom. The zero-order valence-corrected chi connectivity index (χ0v) is 8.15. The van der Waals surface area contributed by atoms with Crippen LogP contribution in [0.1, 0.15) is 40.5 Å². The zero-order chi connectivity index (χ0) is 9.11. The van der Waals surface area contributed by atoms with Gasteiger partial charge in [-0.2, -0.15) is 5.26 Å². The topological polar surface area (TPSA) is 35.8 Å². The van der Waals surface area contributed by atoms with Crippen LogP contribution in [0.4, 0.5) is 0 Å². The Kier molecular flexibility index (Phi) is 14.4. The van der Waals surface area contributed by atoms with Gasteiger partial charge < -0.3 is 5.32 Å². The van der Waals surface area contributed by atoms with E-state index in [1.165, 1.54) is 0 Å². The fourth-order valence-electron chi connectivity index (χ4n) is 0.760.